The van der Waals surface area contributed by atoms with Crippen molar-refractivity contribution in [1.29, 1.82) is 0 Å². The minimum Gasteiger partial charge on any atom is -0.311 e. The molecule has 2 saturated carbocycles. The number of nitrogens with zero attached hydrogens (tertiary/aromatic N) is 1. The van der Waals surface area contributed by atoms with Crippen LogP contribution in [0, 0.1) is 0 Å². The van der Waals surface area contributed by atoms with Crippen molar-refractivity contribution >= 4 is 0 Å². The van der Waals surface area contributed by atoms with E-state index in [1.54, 1.807) is 0 Å². The molecule has 0 aromatic carbocycles. The molecule has 2 fully saturated rings. The Bertz CT molecular complexity index is 239. The Morgan fingerprint density at radius 3 is 1.65 bits per heavy atom. The van der Waals surface area contributed by atoms with E-state index in [-0.39, 0.29) is 5.54 Å². The number of hydrogen-bond donors (Lipinski definition) is 1. The fraction of sp³-hybridized carbons (Fsp3) is 1.00. The normalized spacial score (nSPS) is 23.4. The molecule has 0 unspecified atom stereocenters. The van der Waals surface area contributed by atoms with E-state index in [1.165, 1.54) is 70.8 Å². The van der Waals surface area contributed by atoms with E-state index in [2.05, 4.69) is 31.0 Å². The number of hydrogen-bond acceptors (Lipinski definition) is 2. The summed E-state index contributed by atoms with van der Waals surface area (Å²) in [6, 6.07) is 1.77. The highest BCUT2D eigenvalue weighted by Gasteiger charge is 2.28. The second-order valence-corrected chi connectivity index (χ2v) is 8.00. The lowest BCUT2D eigenvalue weighted by atomic mass is 9.88. The Labute approximate surface area is 126 Å². The molecule has 2 aliphatic rings. The molecule has 2 rings (SSSR count). The Balaban J connectivity index is 1.88. The predicted octanol–water partition coefficient (Wildman–Crippen LogP) is 4.34. The van der Waals surface area contributed by atoms with Crippen LogP contribution < -0.4 is 5.32 Å². The van der Waals surface area contributed by atoms with Gasteiger partial charge in [0.25, 0.3) is 0 Å². The zero-order valence-corrected chi connectivity index (χ0v) is 14.1. The minimum absolute atomic E-state index is 0.255. The third-order valence-electron chi connectivity index (χ3n) is 5.11. The molecule has 0 atom stereocenters. The smallest absolute Gasteiger partial charge is 0.0113 e. The summed E-state index contributed by atoms with van der Waals surface area (Å²) in [5, 5.41) is 3.69. The summed E-state index contributed by atoms with van der Waals surface area (Å²) in [6.07, 6.45) is 14.6. The van der Waals surface area contributed by atoms with E-state index in [0.29, 0.717) is 0 Å². The van der Waals surface area contributed by atoms with E-state index < -0.39 is 0 Å². The molecule has 0 bridgehead atoms. The second-order valence-electron chi connectivity index (χ2n) is 8.00. The van der Waals surface area contributed by atoms with E-state index in [0.717, 1.165) is 18.6 Å². The molecule has 0 heterocycles. The van der Waals surface area contributed by atoms with Crippen LogP contribution in [0.4, 0.5) is 0 Å². The molecule has 118 valence electrons. The van der Waals surface area contributed by atoms with Crippen LogP contribution in [-0.2, 0) is 0 Å². The SMILES string of the molecule is CC(C)(C)NCCN(C1CCCCC1)C1CCCCC1. The summed E-state index contributed by atoms with van der Waals surface area (Å²) in [5.41, 5.74) is 0.255. The molecular weight excluding hydrogens is 244 g/mol. The van der Waals surface area contributed by atoms with E-state index >= 15 is 0 Å². The minimum atomic E-state index is 0.255. The maximum atomic E-state index is 3.69. The third-order valence-corrected chi connectivity index (χ3v) is 5.11. The Hall–Kier alpha value is -0.0800. The Morgan fingerprint density at radius 1 is 0.800 bits per heavy atom. The molecule has 0 radical (unpaired) electrons. The lowest BCUT2D eigenvalue weighted by Crippen LogP contribution is -2.49. The van der Waals surface area contributed by atoms with Crippen molar-refractivity contribution in [3.8, 4) is 0 Å². The molecule has 0 amide bonds. The van der Waals surface area contributed by atoms with Crippen LogP contribution >= 0.6 is 0 Å². The van der Waals surface area contributed by atoms with E-state index in [1.807, 2.05) is 0 Å². The molecule has 0 aromatic heterocycles. The molecule has 0 aromatic rings. The van der Waals surface area contributed by atoms with Crippen molar-refractivity contribution in [3.63, 3.8) is 0 Å². The lowest BCUT2D eigenvalue weighted by Gasteiger charge is -2.42. The van der Waals surface area contributed by atoms with Gasteiger partial charge in [0, 0.05) is 30.7 Å². The lowest BCUT2D eigenvalue weighted by molar-refractivity contribution is 0.0799. The van der Waals surface area contributed by atoms with Gasteiger partial charge in [0.15, 0.2) is 0 Å². The van der Waals surface area contributed by atoms with Crippen LogP contribution in [0.5, 0.6) is 0 Å². The van der Waals surface area contributed by atoms with Gasteiger partial charge >= 0.3 is 0 Å². The fourth-order valence-electron chi connectivity index (χ4n) is 4.05. The molecular formula is C18H36N2. The zero-order chi connectivity index (χ0) is 14.4. The van der Waals surface area contributed by atoms with Crippen LogP contribution in [0.2, 0.25) is 0 Å². The summed E-state index contributed by atoms with van der Waals surface area (Å²) in [4.78, 5) is 2.90. The van der Waals surface area contributed by atoms with Crippen LogP contribution in [0.3, 0.4) is 0 Å². The Morgan fingerprint density at radius 2 is 1.25 bits per heavy atom. The zero-order valence-electron chi connectivity index (χ0n) is 14.1. The van der Waals surface area contributed by atoms with Crippen LogP contribution in [-0.4, -0.2) is 35.6 Å². The average molecular weight is 280 g/mol. The maximum absolute atomic E-state index is 3.69. The first kappa shape index (κ1) is 16.3. The van der Waals surface area contributed by atoms with Gasteiger partial charge in [-0.25, -0.2) is 0 Å². The molecule has 2 nitrogen and oxygen atoms in total. The van der Waals surface area contributed by atoms with E-state index in [9.17, 15) is 0 Å². The summed E-state index contributed by atoms with van der Waals surface area (Å²) >= 11 is 0. The first-order valence-corrected chi connectivity index (χ1v) is 9.07. The molecule has 2 heteroatoms. The molecule has 0 spiro atoms. The van der Waals surface area contributed by atoms with Gasteiger partial charge in [-0.15, -0.1) is 0 Å². The van der Waals surface area contributed by atoms with Crippen molar-refractivity contribution in [2.75, 3.05) is 13.1 Å². The van der Waals surface area contributed by atoms with Crippen molar-refractivity contribution in [2.45, 2.75) is 103 Å². The highest BCUT2D eigenvalue weighted by molar-refractivity contribution is 4.84. The quantitative estimate of drug-likeness (QED) is 0.806. The van der Waals surface area contributed by atoms with Gasteiger partial charge in [-0.1, -0.05) is 38.5 Å². The van der Waals surface area contributed by atoms with Crippen molar-refractivity contribution in [3.05, 3.63) is 0 Å². The van der Waals surface area contributed by atoms with Gasteiger partial charge in [0.05, 0.1) is 0 Å². The van der Waals surface area contributed by atoms with Gasteiger partial charge < -0.3 is 5.32 Å². The number of nitrogens with one attached hydrogen (secondary N) is 1. The highest BCUT2D eigenvalue weighted by Crippen LogP contribution is 2.29. The van der Waals surface area contributed by atoms with Crippen molar-refractivity contribution < 1.29 is 0 Å². The van der Waals surface area contributed by atoms with Gasteiger partial charge in [0.1, 0.15) is 0 Å². The van der Waals surface area contributed by atoms with Gasteiger partial charge in [-0.05, 0) is 46.5 Å². The maximum Gasteiger partial charge on any atom is 0.0113 e. The number of rotatable bonds is 5. The highest BCUT2D eigenvalue weighted by atomic mass is 15.2. The topological polar surface area (TPSA) is 15.3 Å². The van der Waals surface area contributed by atoms with Gasteiger partial charge in [-0.3, -0.25) is 4.90 Å². The van der Waals surface area contributed by atoms with E-state index in [4.69, 9.17) is 0 Å². The molecule has 0 saturated heterocycles. The second kappa shape index (κ2) is 7.79. The first-order valence-electron chi connectivity index (χ1n) is 9.07. The van der Waals surface area contributed by atoms with Crippen LogP contribution in [0.25, 0.3) is 0 Å². The first-order chi connectivity index (χ1) is 9.56. The average Bonchev–Trinajstić information content (AvgIpc) is 2.44. The van der Waals surface area contributed by atoms with Crippen LogP contribution in [0.1, 0.15) is 85.0 Å². The summed E-state index contributed by atoms with van der Waals surface area (Å²) in [6.45, 7) is 9.23. The molecule has 20 heavy (non-hydrogen) atoms. The Kier molecular flexibility index (Phi) is 6.35. The standard InChI is InChI=1S/C18H36N2/c1-18(2,3)19-14-15-20(16-10-6-4-7-11-16)17-12-8-5-9-13-17/h16-17,19H,4-15H2,1-3H3. The van der Waals surface area contributed by atoms with Crippen molar-refractivity contribution in [2.24, 2.45) is 0 Å². The molecule has 1 N–H and O–H groups in total. The van der Waals surface area contributed by atoms with Crippen molar-refractivity contribution in [1.82, 2.24) is 10.2 Å². The largest absolute Gasteiger partial charge is 0.311 e. The third kappa shape index (κ3) is 5.37. The van der Waals surface area contributed by atoms with Crippen LogP contribution in [0.15, 0.2) is 0 Å². The monoisotopic (exact) mass is 280 g/mol. The van der Waals surface area contributed by atoms with Gasteiger partial charge in [-0.2, -0.15) is 0 Å². The molecule has 2 aliphatic carbocycles. The summed E-state index contributed by atoms with van der Waals surface area (Å²) in [7, 11) is 0. The summed E-state index contributed by atoms with van der Waals surface area (Å²) in [5.74, 6) is 0. The fourth-order valence-corrected chi connectivity index (χ4v) is 4.05. The summed E-state index contributed by atoms with van der Waals surface area (Å²) < 4.78 is 0. The predicted molar refractivity (Wildman–Crippen MR) is 88.2 cm³/mol. The molecule has 0 aliphatic heterocycles. The van der Waals surface area contributed by atoms with Gasteiger partial charge in [0.2, 0.25) is 0 Å².